The van der Waals surface area contributed by atoms with E-state index in [1.807, 2.05) is 57.2 Å². The van der Waals surface area contributed by atoms with Crippen LogP contribution in [-0.4, -0.2) is 4.57 Å². The predicted molar refractivity (Wildman–Crippen MR) is 112 cm³/mol. The van der Waals surface area contributed by atoms with Gasteiger partial charge in [-0.3, -0.25) is 4.79 Å². The number of aryl methyl sites for hydroxylation is 1. The van der Waals surface area contributed by atoms with Gasteiger partial charge in [0.1, 0.15) is 0 Å². The minimum atomic E-state index is -0.0439. The monoisotopic (exact) mass is 349 g/mol. The van der Waals surface area contributed by atoms with Crippen molar-refractivity contribution < 1.29 is 0 Å². The highest BCUT2D eigenvalue weighted by atomic mass is 16.1. The largest absolute Gasteiger partial charge is 0.386 e. The first-order chi connectivity index (χ1) is 12.3. The van der Waals surface area contributed by atoms with E-state index in [0.29, 0.717) is 11.4 Å². The van der Waals surface area contributed by atoms with Crippen LogP contribution in [0.4, 0.5) is 5.69 Å². The molecule has 2 aromatic rings. The third-order valence-electron chi connectivity index (χ3n) is 4.43. The molecule has 2 rings (SSSR count). The Hall–Kier alpha value is -3.01. The zero-order valence-electron chi connectivity index (χ0n) is 16.0. The summed E-state index contributed by atoms with van der Waals surface area (Å²) < 4.78 is 1.69. The summed E-state index contributed by atoms with van der Waals surface area (Å²) in [4.78, 5) is 13.1. The van der Waals surface area contributed by atoms with Crippen molar-refractivity contribution in [2.24, 2.45) is 12.8 Å². The third kappa shape index (κ3) is 3.97. The summed E-state index contributed by atoms with van der Waals surface area (Å²) in [5.74, 6) is 0.360. The molecule has 0 aliphatic rings. The number of hydrogen-bond acceptors (Lipinski definition) is 3. The molecule has 0 saturated carbocycles. The number of aromatic nitrogens is 1. The van der Waals surface area contributed by atoms with Gasteiger partial charge in [0.2, 0.25) is 0 Å². The van der Waals surface area contributed by atoms with E-state index in [0.717, 1.165) is 39.4 Å². The molecule has 136 valence electrons. The van der Waals surface area contributed by atoms with Gasteiger partial charge >= 0.3 is 0 Å². The molecule has 0 aliphatic heterocycles. The summed E-state index contributed by atoms with van der Waals surface area (Å²) in [7, 11) is 1.80. The van der Waals surface area contributed by atoms with Crippen LogP contribution in [0.1, 0.15) is 25.8 Å². The second-order valence-corrected chi connectivity index (χ2v) is 6.39. The molecule has 1 aromatic heterocycles. The first kappa shape index (κ1) is 19.3. The van der Waals surface area contributed by atoms with Crippen molar-refractivity contribution in [2.75, 3.05) is 5.32 Å². The van der Waals surface area contributed by atoms with Crippen molar-refractivity contribution >= 4 is 17.8 Å². The molecule has 4 heteroatoms. The van der Waals surface area contributed by atoms with Gasteiger partial charge in [-0.1, -0.05) is 37.8 Å². The molecule has 0 saturated heterocycles. The first-order valence-electron chi connectivity index (χ1n) is 8.66. The van der Waals surface area contributed by atoms with Crippen molar-refractivity contribution in [1.29, 1.82) is 0 Å². The van der Waals surface area contributed by atoms with Gasteiger partial charge in [-0.2, -0.15) is 0 Å². The summed E-state index contributed by atoms with van der Waals surface area (Å²) in [6, 6.07) is 7.76. The predicted octanol–water partition coefficient (Wildman–Crippen LogP) is 2.75. The Morgan fingerprint density at radius 2 is 1.96 bits per heavy atom. The Balaban J connectivity index is 2.80. The second-order valence-electron chi connectivity index (χ2n) is 6.39. The molecular weight excluding hydrogens is 322 g/mol. The number of rotatable bonds is 5. The van der Waals surface area contributed by atoms with E-state index in [9.17, 15) is 4.79 Å². The Morgan fingerprint density at radius 1 is 1.27 bits per heavy atom. The van der Waals surface area contributed by atoms with E-state index < -0.39 is 0 Å². The summed E-state index contributed by atoms with van der Waals surface area (Å²) in [5.41, 5.74) is 9.94. The van der Waals surface area contributed by atoms with Gasteiger partial charge in [0, 0.05) is 18.3 Å². The van der Waals surface area contributed by atoms with Crippen LogP contribution < -0.4 is 27.2 Å². The maximum atomic E-state index is 13.1. The average molecular weight is 349 g/mol. The lowest BCUT2D eigenvalue weighted by Crippen LogP contribution is -2.42. The number of pyridine rings is 1. The number of nitrogens with two attached hydrogens (primary N) is 1. The average Bonchev–Trinajstić information content (AvgIpc) is 2.60. The lowest BCUT2D eigenvalue weighted by molar-refractivity contribution is 0.819. The topological polar surface area (TPSA) is 60.0 Å². The standard InChI is InChI=1S/C22H27N3O/c1-7-14(3)11-21-17(8-2)12-20(22(26)25(21)6)19-13-18(24-16(5)23)10-9-15(19)4/h8-13,24H,3,5,7,23H2,1-2,4,6H3/b17-8-,21-11+. The molecule has 1 heterocycles. The van der Waals surface area contributed by atoms with Gasteiger partial charge in [-0.25, -0.2) is 0 Å². The smallest absolute Gasteiger partial charge is 0.258 e. The van der Waals surface area contributed by atoms with Crippen molar-refractivity contribution in [3.8, 4) is 11.1 Å². The van der Waals surface area contributed by atoms with Crippen LogP contribution in [0.5, 0.6) is 0 Å². The van der Waals surface area contributed by atoms with E-state index in [-0.39, 0.29) is 5.56 Å². The van der Waals surface area contributed by atoms with E-state index in [1.165, 1.54) is 0 Å². The molecule has 0 amide bonds. The van der Waals surface area contributed by atoms with Crippen molar-refractivity contribution in [2.45, 2.75) is 27.2 Å². The minimum Gasteiger partial charge on any atom is -0.386 e. The van der Waals surface area contributed by atoms with Gasteiger partial charge in [0.15, 0.2) is 0 Å². The normalized spacial score (nSPS) is 12.3. The quantitative estimate of drug-likeness (QED) is 0.873. The Labute approximate surface area is 154 Å². The lowest BCUT2D eigenvalue weighted by Gasteiger charge is -2.12. The lowest BCUT2D eigenvalue weighted by atomic mass is 10.00. The zero-order valence-corrected chi connectivity index (χ0v) is 16.0. The van der Waals surface area contributed by atoms with E-state index >= 15 is 0 Å². The highest BCUT2D eigenvalue weighted by Gasteiger charge is 2.11. The van der Waals surface area contributed by atoms with Crippen molar-refractivity contribution in [3.05, 3.63) is 75.3 Å². The molecular formula is C22H27N3O. The maximum absolute atomic E-state index is 13.1. The van der Waals surface area contributed by atoms with E-state index in [2.05, 4.69) is 18.5 Å². The SMILES string of the molecule is C=C(/C=c1\c(=C/C)cc(-c2cc(NC(=C)N)ccc2C)c(=O)n1C)CC. The highest BCUT2D eigenvalue weighted by molar-refractivity contribution is 5.71. The van der Waals surface area contributed by atoms with Crippen LogP contribution in [0.15, 0.2) is 53.6 Å². The van der Waals surface area contributed by atoms with Crippen molar-refractivity contribution in [3.63, 3.8) is 0 Å². The second kappa shape index (κ2) is 7.91. The molecule has 0 bridgehead atoms. The summed E-state index contributed by atoms with van der Waals surface area (Å²) in [6.45, 7) is 13.7. The molecule has 0 unspecified atom stereocenters. The summed E-state index contributed by atoms with van der Waals surface area (Å²) >= 11 is 0. The molecule has 0 spiro atoms. The zero-order chi connectivity index (χ0) is 19.4. The van der Waals surface area contributed by atoms with Gasteiger partial charge in [-0.05, 0) is 60.9 Å². The van der Waals surface area contributed by atoms with Crippen LogP contribution in [0.25, 0.3) is 23.3 Å². The van der Waals surface area contributed by atoms with Gasteiger partial charge in [-0.15, -0.1) is 0 Å². The van der Waals surface area contributed by atoms with Crippen LogP contribution >= 0.6 is 0 Å². The van der Waals surface area contributed by atoms with Gasteiger partial charge < -0.3 is 15.6 Å². The number of nitrogens with one attached hydrogen (secondary N) is 1. The van der Waals surface area contributed by atoms with Crippen molar-refractivity contribution in [1.82, 2.24) is 4.57 Å². The highest BCUT2D eigenvalue weighted by Crippen LogP contribution is 2.23. The number of nitrogens with zero attached hydrogens (tertiary/aromatic N) is 1. The first-order valence-corrected chi connectivity index (χ1v) is 8.66. The molecule has 0 radical (unpaired) electrons. The molecule has 1 aromatic carbocycles. The number of allylic oxidation sites excluding steroid dienone is 1. The number of benzene rings is 1. The summed E-state index contributed by atoms with van der Waals surface area (Å²) in [5, 5.41) is 4.87. The minimum absolute atomic E-state index is 0.0439. The van der Waals surface area contributed by atoms with Crippen LogP contribution in [0.2, 0.25) is 0 Å². The number of anilines is 1. The molecule has 4 nitrogen and oxygen atoms in total. The molecule has 26 heavy (non-hydrogen) atoms. The van der Waals surface area contributed by atoms with Crippen LogP contribution in [0.3, 0.4) is 0 Å². The fourth-order valence-corrected chi connectivity index (χ4v) is 2.85. The van der Waals surface area contributed by atoms with E-state index in [4.69, 9.17) is 5.73 Å². The van der Waals surface area contributed by atoms with Gasteiger partial charge in [0.05, 0.1) is 11.2 Å². The van der Waals surface area contributed by atoms with Gasteiger partial charge in [0.25, 0.3) is 5.56 Å². The fourth-order valence-electron chi connectivity index (χ4n) is 2.85. The third-order valence-corrected chi connectivity index (χ3v) is 4.43. The fraction of sp³-hybridized carbons (Fsp3) is 0.227. The molecule has 0 fully saturated rings. The summed E-state index contributed by atoms with van der Waals surface area (Å²) in [6.07, 6.45) is 4.83. The van der Waals surface area contributed by atoms with E-state index in [1.54, 1.807) is 11.6 Å². The molecule has 0 aliphatic carbocycles. The Kier molecular flexibility index (Phi) is 5.88. The number of hydrogen-bond donors (Lipinski definition) is 2. The van der Waals surface area contributed by atoms with Crippen LogP contribution in [-0.2, 0) is 7.05 Å². The molecule has 3 N–H and O–H groups in total. The Bertz CT molecular complexity index is 1040. The van der Waals surface area contributed by atoms with Crippen LogP contribution in [0, 0.1) is 6.92 Å². The maximum Gasteiger partial charge on any atom is 0.258 e. The molecule has 0 atom stereocenters. The Morgan fingerprint density at radius 3 is 2.54 bits per heavy atom.